The van der Waals surface area contributed by atoms with Gasteiger partial charge in [-0.1, -0.05) is 19.1 Å². The number of hydrogen-bond donors (Lipinski definition) is 1. The molecule has 0 bridgehead atoms. The second-order valence-corrected chi connectivity index (χ2v) is 9.02. The summed E-state index contributed by atoms with van der Waals surface area (Å²) < 4.78 is 21.4. The zero-order valence-electron chi connectivity index (χ0n) is 22.3. The Balaban J connectivity index is 1.25. The number of esters is 2. The van der Waals surface area contributed by atoms with Crippen LogP contribution in [0.25, 0.3) is 0 Å². The molecule has 1 heterocycles. The van der Waals surface area contributed by atoms with Gasteiger partial charge in [-0.3, -0.25) is 14.4 Å². The molecule has 1 fully saturated rings. The molecular weight excluding hydrogens is 516 g/mol. The van der Waals surface area contributed by atoms with Gasteiger partial charge in [0.1, 0.15) is 5.75 Å². The van der Waals surface area contributed by atoms with Crippen molar-refractivity contribution < 1.29 is 38.1 Å². The molecule has 10 heteroatoms. The monoisotopic (exact) mass is 546 g/mol. The maximum absolute atomic E-state index is 12.6. The molecule has 1 saturated heterocycles. The number of amides is 2. The molecule has 3 aromatic rings. The lowest BCUT2D eigenvalue weighted by atomic mass is 10.1. The Labute approximate surface area is 231 Å². The third-order valence-corrected chi connectivity index (χ3v) is 6.09. The van der Waals surface area contributed by atoms with Crippen molar-refractivity contribution >= 4 is 35.1 Å². The van der Waals surface area contributed by atoms with Crippen molar-refractivity contribution in [1.29, 1.82) is 0 Å². The van der Waals surface area contributed by atoms with Gasteiger partial charge in [-0.15, -0.1) is 0 Å². The molecular formula is C30H30N2O8. The minimum atomic E-state index is -0.696. The summed E-state index contributed by atoms with van der Waals surface area (Å²) in [6, 6.07) is 20.4. The highest BCUT2D eigenvalue weighted by Gasteiger charge is 2.36. The van der Waals surface area contributed by atoms with Gasteiger partial charge in [0.15, 0.2) is 18.1 Å². The van der Waals surface area contributed by atoms with E-state index in [1.807, 2.05) is 19.1 Å². The van der Waals surface area contributed by atoms with E-state index < -0.39 is 30.4 Å². The van der Waals surface area contributed by atoms with E-state index >= 15 is 0 Å². The molecule has 208 valence electrons. The summed E-state index contributed by atoms with van der Waals surface area (Å²) in [5.74, 6) is -0.804. The summed E-state index contributed by atoms with van der Waals surface area (Å²) in [5, 5.41) is 2.60. The second kappa shape index (κ2) is 13.3. The molecule has 1 N–H and O–H groups in total. The van der Waals surface area contributed by atoms with Crippen molar-refractivity contribution in [3.8, 4) is 17.2 Å². The Kier molecular flexibility index (Phi) is 9.35. The number of ether oxygens (including phenoxy) is 4. The largest absolute Gasteiger partial charge is 0.493 e. The van der Waals surface area contributed by atoms with E-state index in [0.29, 0.717) is 40.8 Å². The van der Waals surface area contributed by atoms with Crippen molar-refractivity contribution in [2.75, 3.05) is 37.1 Å². The zero-order valence-corrected chi connectivity index (χ0v) is 22.3. The molecule has 0 aliphatic carbocycles. The molecule has 4 rings (SSSR count). The van der Waals surface area contributed by atoms with Gasteiger partial charge in [-0.25, -0.2) is 4.79 Å². The summed E-state index contributed by atoms with van der Waals surface area (Å²) in [7, 11) is 1.56. The topological polar surface area (TPSA) is 120 Å². The van der Waals surface area contributed by atoms with Crippen LogP contribution in [-0.2, 0) is 23.9 Å². The van der Waals surface area contributed by atoms with Gasteiger partial charge in [-0.05, 0) is 67.1 Å². The fourth-order valence-electron chi connectivity index (χ4n) is 4.06. The van der Waals surface area contributed by atoms with Crippen molar-refractivity contribution in [3.05, 3.63) is 78.4 Å². The first-order valence-corrected chi connectivity index (χ1v) is 12.8. The fourth-order valence-corrected chi connectivity index (χ4v) is 4.06. The van der Waals surface area contributed by atoms with Crippen LogP contribution < -0.4 is 19.7 Å². The van der Waals surface area contributed by atoms with Gasteiger partial charge < -0.3 is 29.2 Å². The van der Waals surface area contributed by atoms with E-state index in [-0.39, 0.29) is 18.9 Å². The van der Waals surface area contributed by atoms with Crippen molar-refractivity contribution in [1.82, 2.24) is 0 Å². The number of rotatable bonds is 11. The average molecular weight is 547 g/mol. The Hall–Kier alpha value is -4.86. The van der Waals surface area contributed by atoms with E-state index in [1.165, 1.54) is 17.0 Å². The van der Waals surface area contributed by atoms with E-state index in [2.05, 4.69) is 5.32 Å². The number of nitrogens with one attached hydrogen (secondary N) is 1. The minimum Gasteiger partial charge on any atom is -0.493 e. The second-order valence-electron chi connectivity index (χ2n) is 9.02. The zero-order chi connectivity index (χ0) is 28.5. The van der Waals surface area contributed by atoms with Crippen molar-refractivity contribution in [3.63, 3.8) is 0 Å². The summed E-state index contributed by atoms with van der Waals surface area (Å²) in [6.45, 7) is 1.87. The minimum absolute atomic E-state index is 0.0183. The molecule has 40 heavy (non-hydrogen) atoms. The normalized spacial score (nSPS) is 14.4. The molecule has 1 atom stereocenters. The quantitative estimate of drug-likeness (QED) is 0.347. The number of nitrogens with zero attached hydrogens (tertiary/aromatic N) is 1. The highest BCUT2D eigenvalue weighted by Crippen LogP contribution is 2.33. The van der Waals surface area contributed by atoms with Crippen LogP contribution >= 0.6 is 0 Å². The summed E-state index contributed by atoms with van der Waals surface area (Å²) in [6.07, 6.45) is 0.704. The van der Waals surface area contributed by atoms with E-state index in [0.717, 1.165) is 6.42 Å². The Morgan fingerprint density at radius 1 is 0.925 bits per heavy atom. The lowest BCUT2D eigenvalue weighted by Crippen LogP contribution is -2.28. The number of para-hydroxylation sites is 2. The van der Waals surface area contributed by atoms with Crippen LogP contribution in [0.5, 0.6) is 17.2 Å². The molecule has 3 aromatic carbocycles. The van der Waals surface area contributed by atoms with Crippen LogP contribution in [-0.4, -0.2) is 50.6 Å². The third kappa shape index (κ3) is 7.16. The molecule has 0 aromatic heterocycles. The standard InChI is InChI=1S/C30H30N2O8/c1-3-16-38-29(35)20-8-10-22(11-9-20)31-27(33)19-39-30(36)21-17-28(34)32(18-21)23-12-14-24(15-13-23)40-26-7-5-4-6-25(26)37-2/h4-15,21H,3,16-19H2,1-2H3,(H,31,33)/t21-/m1/s1. The van der Waals surface area contributed by atoms with Gasteiger partial charge in [0, 0.05) is 24.3 Å². The van der Waals surface area contributed by atoms with Gasteiger partial charge >= 0.3 is 11.9 Å². The molecule has 0 radical (unpaired) electrons. The first kappa shape index (κ1) is 28.2. The average Bonchev–Trinajstić information content (AvgIpc) is 3.37. The predicted octanol–water partition coefficient (Wildman–Crippen LogP) is 4.59. The molecule has 1 aliphatic heterocycles. The van der Waals surface area contributed by atoms with E-state index in [9.17, 15) is 19.2 Å². The van der Waals surface area contributed by atoms with E-state index in [4.69, 9.17) is 18.9 Å². The van der Waals surface area contributed by atoms with E-state index in [1.54, 1.807) is 55.6 Å². The summed E-state index contributed by atoms with van der Waals surface area (Å²) >= 11 is 0. The lowest BCUT2D eigenvalue weighted by molar-refractivity contribution is -0.151. The summed E-state index contributed by atoms with van der Waals surface area (Å²) in [4.78, 5) is 50.9. The maximum atomic E-state index is 12.6. The number of methoxy groups -OCH3 is 1. The molecule has 0 saturated carbocycles. The van der Waals surface area contributed by atoms with Crippen LogP contribution in [0.3, 0.4) is 0 Å². The molecule has 0 unspecified atom stereocenters. The van der Waals surface area contributed by atoms with Crippen molar-refractivity contribution in [2.24, 2.45) is 5.92 Å². The van der Waals surface area contributed by atoms with Gasteiger partial charge in [0.2, 0.25) is 5.91 Å². The fraction of sp³-hybridized carbons (Fsp3) is 0.267. The Morgan fingerprint density at radius 2 is 1.62 bits per heavy atom. The van der Waals surface area contributed by atoms with Crippen molar-refractivity contribution in [2.45, 2.75) is 19.8 Å². The number of benzene rings is 3. The van der Waals surface area contributed by atoms with Crippen LogP contribution in [0, 0.1) is 5.92 Å². The highest BCUT2D eigenvalue weighted by molar-refractivity contribution is 6.00. The van der Waals surface area contributed by atoms with Gasteiger partial charge in [-0.2, -0.15) is 0 Å². The number of hydrogen-bond acceptors (Lipinski definition) is 8. The SMILES string of the molecule is CCCOC(=O)c1ccc(NC(=O)COC(=O)[C@@H]2CC(=O)N(c3ccc(Oc4ccccc4OC)cc3)C2)cc1. The first-order chi connectivity index (χ1) is 19.4. The molecule has 2 amide bonds. The van der Waals surface area contributed by atoms with Crippen LogP contribution in [0.1, 0.15) is 30.1 Å². The van der Waals surface area contributed by atoms with Crippen LogP contribution in [0.2, 0.25) is 0 Å². The molecule has 10 nitrogen and oxygen atoms in total. The smallest absolute Gasteiger partial charge is 0.338 e. The third-order valence-electron chi connectivity index (χ3n) is 6.09. The Bertz CT molecular complexity index is 1350. The number of carbonyl (C=O) groups is 4. The molecule has 1 aliphatic rings. The lowest BCUT2D eigenvalue weighted by Gasteiger charge is -2.17. The van der Waals surface area contributed by atoms with Crippen LogP contribution in [0.4, 0.5) is 11.4 Å². The first-order valence-electron chi connectivity index (χ1n) is 12.8. The maximum Gasteiger partial charge on any atom is 0.338 e. The van der Waals surface area contributed by atoms with Gasteiger partial charge in [0.25, 0.3) is 5.91 Å². The summed E-state index contributed by atoms with van der Waals surface area (Å²) in [5.41, 5.74) is 1.42. The Morgan fingerprint density at radius 3 is 2.30 bits per heavy atom. The predicted molar refractivity (Wildman–Crippen MR) is 147 cm³/mol. The molecule has 0 spiro atoms. The number of anilines is 2. The number of carbonyl (C=O) groups excluding carboxylic acids is 4. The highest BCUT2D eigenvalue weighted by atomic mass is 16.5. The van der Waals surface area contributed by atoms with Crippen LogP contribution in [0.15, 0.2) is 72.8 Å². The van der Waals surface area contributed by atoms with Gasteiger partial charge in [0.05, 0.1) is 25.2 Å².